The predicted molar refractivity (Wildman–Crippen MR) is 570 cm³/mol. The molecule has 0 aliphatic heterocycles. The van der Waals surface area contributed by atoms with Gasteiger partial charge >= 0.3 is 0 Å². The second kappa shape index (κ2) is 43.4. The Balaban J connectivity index is 0.000000120. The van der Waals surface area contributed by atoms with Crippen LogP contribution in [0.25, 0.3) is 0 Å². The van der Waals surface area contributed by atoms with Crippen LogP contribution in [0.2, 0.25) is 0 Å². The predicted octanol–water partition coefficient (Wildman–Crippen LogP) is 25.8. The molecule has 0 heterocycles. The van der Waals surface area contributed by atoms with Gasteiger partial charge in [0, 0.05) is 29.8 Å². The number of allylic oxidation sites excluding steroid dienone is 1. The molecule has 6 N–H and O–H groups in total. The number of phenolic OH excluding ortho intramolecular Hbond substituents is 2. The number of aliphatic hydroxyl groups is 4. The highest BCUT2D eigenvalue weighted by Gasteiger charge is 2.60. The minimum atomic E-state index is -0.577. The van der Waals surface area contributed by atoms with Gasteiger partial charge in [-0.15, -0.1) is 0 Å². The summed E-state index contributed by atoms with van der Waals surface area (Å²) >= 11 is 0. The van der Waals surface area contributed by atoms with Gasteiger partial charge in [-0.25, -0.2) is 0 Å². The molecule has 0 saturated heterocycles. The molecule has 0 spiro atoms. The summed E-state index contributed by atoms with van der Waals surface area (Å²) in [6, 6.07) is 25.3. The van der Waals surface area contributed by atoms with Gasteiger partial charge in [0.05, 0.1) is 117 Å². The van der Waals surface area contributed by atoms with Crippen molar-refractivity contribution >= 4 is 56.8 Å². The summed E-state index contributed by atoms with van der Waals surface area (Å²) in [6.45, 7) is 25.1. The topological polar surface area (TPSA) is 232 Å². The summed E-state index contributed by atoms with van der Waals surface area (Å²) in [4.78, 5) is 0. The van der Waals surface area contributed by atoms with E-state index in [1.807, 2.05) is 25.1 Å². The van der Waals surface area contributed by atoms with Crippen molar-refractivity contribution in [1.29, 1.82) is 0 Å². The average molecular weight is 2010 g/mol. The average Bonchev–Trinajstić information content (AvgIpc) is 1.55. The van der Waals surface area contributed by atoms with Gasteiger partial charge in [-0.3, -0.25) is 0 Å². The van der Waals surface area contributed by atoms with Crippen LogP contribution >= 0.6 is 56.8 Å². The summed E-state index contributed by atoms with van der Waals surface area (Å²) < 4.78 is 65.7. The summed E-state index contributed by atoms with van der Waals surface area (Å²) in [6.07, 6.45) is 38.7. The third-order valence-electron chi connectivity index (χ3n) is 39.6. The highest BCUT2D eigenvalue weighted by atomic mass is 31.0. The minimum absolute atomic E-state index is 0.0336. The van der Waals surface area contributed by atoms with Crippen molar-refractivity contribution in [1.82, 2.24) is 0 Å². The molecule has 22 unspecified atom stereocenters. The second-order valence-electron chi connectivity index (χ2n) is 45.9. The smallest absolute Gasteiger partial charge is 0.164 e. The zero-order valence-corrected chi connectivity index (χ0v) is 92.3. The van der Waals surface area contributed by atoms with Crippen molar-refractivity contribution in [2.45, 2.75) is 334 Å². The van der Waals surface area contributed by atoms with E-state index in [0.717, 1.165) is 173 Å². The lowest BCUT2D eigenvalue weighted by molar-refractivity contribution is -0.0520. The third-order valence-corrected chi connectivity index (χ3v) is 41.2. The van der Waals surface area contributed by atoms with Gasteiger partial charge in [-0.2, -0.15) is 0 Å². The van der Waals surface area contributed by atoms with E-state index in [2.05, 4.69) is 199 Å². The zero-order chi connectivity index (χ0) is 98.7. The largest absolute Gasteiger partial charge is 0.504 e. The number of rotatable bonds is 16. The maximum absolute atomic E-state index is 10.5. The van der Waals surface area contributed by atoms with Gasteiger partial charge < -0.3 is 86.2 Å². The van der Waals surface area contributed by atoms with Crippen LogP contribution in [0.4, 0.5) is 0 Å². The van der Waals surface area contributed by atoms with E-state index in [9.17, 15) is 30.6 Å². The van der Waals surface area contributed by atoms with Crippen LogP contribution < -0.4 is 46.5 Å². The number of hydrogen-bond donors (Lipinski definition) is 6. The molecule has 6 aromatic rings. The Bertz CT molecular complexity index is 5350. The van der Waals surface area contributed by atoms with Gasteiger partial charge in [-0.1, -0.05) is 99.5 Å². The van der Waals surface area contributed by atoms with Crippen molar-refractivity contribution < 1.29 is 86.2 Å². The molecular weight excluding hydrogens is 1840 g/mol. The normalized spacial score (nSPS) is 34.8. The van der Waals surface area contributed by atoms with Crippen molar-refractivity contribution in [3.05, 3.63) is 163 Å². The number of hydrogen-bond acceptors (Lipinski definition) is 18. The van der Waals surface area contributed by atoms with Crippen LogP contribution in [0.3, 0.4) is 0 Å². The van der Waals surface area contributed by atoms with E-state index in [-0.39, 0.29) is 56.9 Å². The van der Waals surface area contributed by atoms with E-state index in [0.29, 0.717) is 106 Å². The Morgan fingerprint density at radius 3 is 1.31 bits per heavy atom. The number of aryl methyl sites for hydroxylation is 6. The van der Waals surface area contributed by atoms with Crippen LogP contribution in [0.15, 0.2) is 96.6 Å². The molecule has 15 aliphatic carbocycles. The fourth-order valence-corrected chi connectivity index (χ4v) is 32.9. The van der Waals surface area contributed by atoms with E-state index in [1.54, 1.807) is 48.2 Å². The monoisotopic (exact) mass is 2010 g/mol. The number of ether oxygens (including phenoxy) is 6. The lowest BCUT2D eigenvalue weighted by Gasteiger charge is -2.52. The standard InChI is InChI=1S/C19H27O4P.2C19H26O3P2.C19H29O3P.C19H28O3.C19H28O2/c1-19-6-5-11-12(14(19)9-15(20)18(19)21)4-3-10-7-17(23-24)16(22-2)8-13(10)11;2*1-19-8-7-12-13(15(19)5-6-18(19)22-24)4-3-11-9-17(21-23)16(20-2)10-14(11)12;1-11-14-6-5-13-9-18(22-23)17(21-4)10-16(13)15(14)7-8-19(11,3)12(2)20;1-4-18(21)19(2)8-7-14-13(11-19)6-5-12-9-16(20)17(22-3)10-15(12)14;1-5-16-14-7-6-12-10-17(20)18(21-4)11-15(12)13(14)8-9-19(16,2)3/h7-8,11-12,14-15,18,20-21H,3-6,9,24H2,1-2H3;5,9-10,12-13,18H,3-4,6-8,23-24H2,1-2H3;5-6,9-10,12-13,15,18H,3-4,7-8,23-24H2,1-2H3;9-12,14-15,20H,5-8,23H2,1-4H3;9-10,13-14,18,20-21H,4-8,11H2,1-3H3;10-11,13-14,16,20H,5-9H2,1-4H3/t11?,12?,14?,15-,18-,19-;12?,13?,18-,19-;12?,13?,15?,18-,19-;11?,12-,14?,15?,19-;13?,14?,18-,19-;/m00000./s1. The molecule has 6 aromatic carbocycles. The van der Waals surface area contributed by atoms with Crippen LogP contribution in [0.5, 0.6) is 69.0 Å². The Labute approximate surface area is 838 Å². The number of fused-ring (bicyclic) bond motifs is 24. The molecule has 0 aromatic heterocycles. The van der Waals surface area contributed by atoms with Crippen LogP contribution in [0.1, 0.15) is 326 Å². The Kier molecular flexibility index (Phi) is 33.2. The van der Waals surface area contributed by atoms with E-state index < -0.39 is 12.2 Å². The number of benzene rings is 6. The minimum Gasteiger partial charge on any atom is -0.504 e. The zero-order valence-electron chi connectivity index (χ0n) is 85.4. The molecule has 758 valence electrons. The fourth-order valence-electron chi connectivity index (χ4n) is 31.4. The number of aliphatic hydroxyl groups excluding tert-OH is 4. The Morgan fingerprint density at radius 1 is 0.413 bits per heavy atom. The van der Waals surface area contributed by atoms with Gasteiger partial charge in [0.2, 0.25) is 0 Å². The van der Waals surface area contributed by atoms with Gasteiger partial charge in [0.1, 0.15) is 0 Å². The van der Waals surface area contributed by atoms with Crippen molar-refractivity contribution in [3.8, 4) is 69.0 Å². The van der Waals surface area contributed by atoms with Crippen LogP contribution in [-0.4, -0.2) is 110 Å². The first-order valence-electron chi connectivity index (χ1n) is 52.0. The lowest BCUT2D eigenvalue weighted by atomic mass is 9.54. The van der Waals surface area contributed by atoms with Crippen molar-refractivity contribution in [2.24, 2.45) is 91.7 Å². The molecular formula is C114H164O18P6. The van der Waals surface area contributed by atoms with Crippen molar-refractivity contribution in [3.63, 3.8) is 0 Å². The van der Waals surface area contributed by atoms with E-state index >= 15 is 0 Å². The lowest BCUT2D eigenvalue weighted by Crippen LogP contribution is -2.46. The SMILES string of the molecule is CCC1C2CCc3cc(O)c(OC)cc3C2CCC1(C)C.CC[C@H](O)[C@@]1(C)CCC2c3cc(OC)c(O)cc3CCC2C1.COc1cc2c(cc1OP)CCC1C2CC[C@@]2(C)C1C=C[C@@H]2OP.COc1cc2c(cc1OP)CCC1C2CC[C@@]2(C)C1C[C@H](O)[C@@H]2O.COc1cc2c(cc1OP)CCC1C2CC[C@](C)([C@H](C)O)C1C.COc1cc2c(cc1OP)CCC1C3=CC[C@H](OP)[C@@]3(C)CCC21. The first-order valence-corrected chi connectivity index (χ1v) is 54.9. The molecule has 0 bridgehead atoms. The summed E-state index contributed by atoms with van der Waals surface area (Å²) in [5.41, 5.74) is 19.3. The molecule has 0 radical (unpaired) electrons. The van der Waals surface area contributed by atoms with Crippen LogP contribution in [-0.2, 0) is 47.6 Å². The van der Waals surface area contributed by atoms with Gasteiger partial charge in [0.25, 0.3) is 0 Å². The second-order valence-corrected chi connectivity index (χ2v) is 47.4. The maximum atomic E-state index is 10.5. The molecule has 15 aliphatic rings. The molecule has 138 heavy (non-hydrogen) atoms. The van der Waals surface area contributed by atoms with Crippen LogP contribution in [0, 0.1) is 91.7 Å². The first-order chi connectivity index (χ1) is 66.1. The molecule has 7 fully saturated rings. The Morgan fingerprint density at radius 2 is 0.826 bits per heavy atom. The molecule has 18 nitrogen and oxygen atoms in total. The Hall–Kier alpha value is -5.26. The van der Waals surface area contributed by atoms with Gasteiger partial charge in [-0.05, 0) is 443 Å². The summed E-state index contributed by atoms with van der Waals surface area (Å²) in [5, 5.41) is 61.4. The number of methoxy groups -OCH3 is 6. The molecule has 7 saturated carbocycles. The van der Waals surface area contributed by atoms with Crippen molar-refractivity contribution in [2.75, 3.05) is 42.7 Å². The third kappa shape index (κ3) is 19.5. The molecule has 24 heteroatoms. The highest BCUT2D eigenvalue weighted by Crippen LogP contribution is 2.67. The quantitative estimate of drug-likeness (QED) is 0.0391. The molecule has 33 atom stereocenters. The summed E-state index contributed by atoms with van der Waals surface area (Å²) in [7, 11) is 24.3. The van der Waals surface area contributed by atoms with E-state index in [4.69, 9.17) is 55.6 Å². The summed E-state index contributed by atoms with van der Waals surface area (Å²) in [5.74, 6) is 18.0. The van der Waals surface area contributed by atoms with E-state index in [1.165, 1.54) is 137 Å². The maximum Gasteiger partial charge on any atom is 0.164 e. The molecule has 0 amide bonds. The fraction of sp³-hybridized carbons (Fsp3) is 0.649. The molecule has 21 rings (SSSR count). The first kappa shape index (κ1) is 106. The van der Waals surface area contributed by atoms with Gasteiger partial charge in [0.15, 0.2) is 69.0 Å². The highest BCUT2D eigenvalue weighted by molar-refractivity contribution is 7.11. The number of aromatic hydroxyl groups is 2. The number of phenols is 2.